The van der Waals surface area contributed by atoms with Crippen LogP contribution >= 0.6 is 0 Å². The molecule has 1 aromatic rings. The second-order valence-corrected chi connectivity index (χ2v) is 4.35. The first-order valence-corrected chi connectivity index (χ1v) is 6.19. The maximum absolute atomic E-state index is 11.8. The Balaban J connectivity index is 2.59. The molecule has 0 aliphatic rings. The first-order chi connectivity index (χ1) is 9.04. The number of benzene rings is 1. The molecule has 0 radical (unpaired) electrons. The molecule has 0 fully saturated rings. The lowest BCUT2D eigenvalue weighted by Gasteiger charge is -2.05. The Kier molecular flexibility index (Phi) is 5.95. The maximum Gasteiger partial charge on any atom is 0.270 e. The third-order valence-electron chi connectivity index (χ3n) is 2.66. The van der Waals surface area contributed by atoms with Crippen LogP contribution < -0.4 is 5.32 Å². The van der Waals surface area contributed by atoms with Crippen LogP contribution in [0.25, 0.3) is 0 Å². The number of aryl methyl sites for hydroxylation is 1. The van der Waals surface area contributed by atoms with Gasteiger partial charge in [-0.3, -0.25) is 14.9 Å². The van der Waals surface area contributed by atoms with Crippen LogP contribution in [-0.2, 0) is 0 Å². The number of amides is 1. The van der Waals surface area contributed by atoms with Crippen molar-refractivity contribution >= 4 is 11.6 Å². The van der Waals surface area contributed by atoms with Crippen LogP contribution in [0.3, 0.4) is 0 Å². The lowest BCUT2D eigenvalue weighted by molar-refractivity contribution is -0.384. The summed E-state index contributed by atoms with van der Waals surface area (Å²) in [7, 11) is 0. The van der Waals surface area contributed by atoms with Crippen LogP contribution in [-0.4, -0.2) is 29.1 Å². The number of nitro benzene ring substituents is 1. The van der Waals surface area contributed by atoms with Crippen molar-refractivity contribution in [2.75, 3.05) is 13.2 Å². The van der Waals surface area contributed by atoms with Gasteiger partial charge in [0.25, 0.3) is 11.6 Å². The number of carbonyl (C=O) groups excluding carboxylic acids is 1. The first-order valence-electron chi connectivity index (χ1n) is 6.19. The zero-order valence-corrected chi connectivity index (χ0v) is 10.9. The van der Waals surface area contributed by atoms with Crippen LogP contribution in [0.1, 0.15) is 35.2 Å². The Morgan fingerprint density at radius 3 is 2.68 bits per heavy atom. The zero-order valence-electron chi connectivity index (χ0n) is 10.9. The molecule has 0 aromatic heterocycles. The SMILES string of the molecule is Cc1cc(C(=O)NCCCCCO)cc([N+](=O)[O-])c1. The van der Waals surface area contributed by atoms with E-state index in [2.05, 4.69) is 5.32 Å². The monoisotopic (exact) mass is 266 g/mol. The van der Waals surface area contributed by atoms with Crippen molar-refractivity contribution in [1.29, 1.82) is 0 Å². The highest BCUT2D eigenvalue weighted by Crippen LogP contribution is 2.16. The van der Waals surface area contributed by atoms with E-state index >= 15 is 0 Å². The summed E-state index contributed by atoms with van der Waals surface area (Å²) in [5, 5.41) is 22.0. The minimum atomic E-state index is -0.509. The molecule has 1 amide bonds. The van der Waals surface area contributed by atoms with Gasteiger partial charge in [0.1, 0.15) is 0 Å². The zero-order chi connectivity index (χ0) is 14.3. The summed E-state index contributed by atoms with van der Waals surface area (Å²) >= 11 is 0. The average Bonchev–Trinajstić information content (AvgIpc) is 2.37. The number of hydrogen-bond donors (Lipinski definition) is 2. The van der Waals surface area contributed by atoms with Gasteiger partial charge in [0.2, 0.25) is 0 Å². The van der Waals surface area contributed by atoms with Gasteiger partial charge in [0.05, 0.1) is 4.92 Å². The van der Waals surface area contributed by atoms with Crippen molar-refractivity contribution in [2.24, 2.45) is 0 Å². The number of hydrogen-bond acceptors (Lipinski definition) is 4. The number of nitro groups is 1. The summed E-state index contributed by atoms with van der Waals surface area (Å²) in [4.78, 5) is 22.0. The molecule has 0 saturated heterocycles. The number of nitrogens with one attached hydrogen (secondary N) is 1. The predicted molar refractivity (Wildman–Crippen MR) is 71.1 cm³/mol. The number of non-ortho nitro benzene ring substituents is 1. The molecule has 0 atom stereocenters. The fraction of sp³-hybridized carbons (Fsp3) is 0.462. The summed E-state index contributed by atoms with van der Waals surface area (Å²) < 4.78 is 0. The first kappa shape index (κ1) is 15.1. The van der Waals surface area contributed by atoms with Crippen molar-refractivity contribution in [3.05, 3.63) is 39.4 Å². The standard InChI is InChI=1S/C13H18N2O4/c1-10-7-11(9-12(8-10)15(18)19)13(17)14-5-3-2-4-6-16/h7-9,16H,2-6H2,1H3,(H,14,17). The molecule has 0 bridgehead atoms. The molecule has 0 heterocycles. The van der Waals surface area contributed by atoms with Gasteiger partial charge in [-0.2, -0.15) is 0 Å². The van der Waals surface area contributed by atoms with E-state index in [4.69, 9.17) is 5.11 Å². The quantitative estimate of drug-likeness (QED) is 0.447. The second kappa shape index (κ2) is 7.48. The highest BCUT2D eigenvalue weighted by Gasteiger charge is 2.12. The fourth-order valence-electron chi connectivity index (χ4n) is 1.72. The molecule has 1 aromatic carbocycles. The van der Waals surface area contributed by atoms with Crippen molar-refractivity contribution < 1.29 is 14.8 Å². The van der Waals surface area contributed by atoms with Gasteiger partial charge < -0.3 is 10.4 Å². The van der Waals surface area contributed by atoms with Gasteiger partial charge in [-0.25, -0.2) is 0 Å². The van der Waals surface area contributed by atoms with E-state index < -0.39 is 4.92 Å². The number of carbonyl (C=O) groups is 1. The molecular formula is C13H18N2O4. The van der Waals surface area contributed by atoms with Crippen LogP contribution in [0.5, 0.6) is 0 Å². The fourth-order valence-corrected chi connectivity index (χ4v) is 1.72. The Bertz CT molecular complexity index is 460. The number of nitrogens with zero attached hydrogens (tertiary/aromatic N) is 1. The van der Waals surface area contributed by atoms with Crippen molar-refractivity contribution in [1.82, 2.24) is 5.32 Å². The lowest BCUT2D eigenvalue weighted by Crippen LogP contribution is -2.24. The molecule has 0 spiro atoms. The highest BCUT2D eigenvalue weighted by atomic mass is 16.6. The Labute approximate surface area is 111 Å². The molecule has 6 heteroatoms. The van der Waals surface area contributed by atoms with Gasteiger partial charge in [-0.15, -0.1) is 0 Å². The van der Waals surface area contributed by atoms with Crippen molar-refractivity contribution in [3.63, 3.8) is 0 Å². The molecule has 0 saturated carbocycles. The van der Waals surface area contributed by atoms with E-state index in [-0.39, 0.29) is 18.2 Å². The van der Waals surface area contributed by atoms with Gasteiger partial charge >= 0.3 is 0 Å². The number of aliphatic hydroxyl groups excluding tert-OH is 1. The van der Waals surface area contributed by atoms with E-state index in [1.807, 2.05) is 0 Å². The number of unbranched alkanes of at least 4 members (excludes halogenated alkanes) is 2. The highest BCUT2D eigenvalue weighted by molar-refractivity contribution is 5.95. The normalized spacial score (nSPS) is 10.2. The van der Waals surface area contributed by atoms with Gasteiger partial charge in [0.15, 0.2) is 0 Å². The summed E-state index contributed by atoms with van der Waals surface area (Å²) in [6.07, 6.45) is 2.33. The van der Waals surface area contributed by atoms with E-state index in [0.29, 0.717) is 24.1 Å². The summed E-state index contributed by atoms with van der Waals surface area (Å²) in [6, 6.07) is 4.32. The maximum atomic E-state index is 11.8. The lowest BCUT2D eigenvalue weighted by atomic mass is 10.1. The smallest absolute Gasteiger partial charge is 0.270 e. The van der Waals surface area contributed by atoms with Gasteiger partial charge in [-0.1, -0.05) is 0 Å². The minimum absolute atomic E-state index is 0.0783. The molecule has 1 rings (SSSR count). The summed E-state index contributed by atoms with van der Waals surface area (Å²) in [5.74, 6) is -0.309. The number of rotatable bonds is 7. The average molecular weight is 266 g/mol. The minimum Gasteiger partial charge on any atom is -0.396 e. The molecule has 104 valence electrons. The van der Waals surface area contributed by atoms with Crippen LogP contribution in [0.4, 0.5) is 5.69 Å². The molecular weight excluding hydrogens is 248 g/mol. The number of aliphatic hydroxyl groups is 1. The van der Waals surface area contributed by atoms with Gasteiger partial charge in [0, 0.05) is 30.8 Å². The molecule has 0 aliphatic heterocycles. The molecule has 19 heavy (non-hydrogen) atoms. The summed E-state index contributed by atoms with van der Waals surface area (Å²) in [6.45, 7) is 2.36. The van der Waals surface area contributed by atoms with Crippen LogP contribution in [0.15, 0.2) is 18.2 Å². The molecule has 6 nitrogen and oxygen atoms in total. The van der Waals surface area contributed by atoms with E-state index in [1.165, 1.54) is 12.1 Å². The Morgan fingerprint density at radius 2 is 2.05 bits per heavy atom. The largest absolute Gasteiger partial charge is 0.396 e. The Morgan fingerprint density at radius 1 is 1.32 bits per heavy atom. The third-order valence-corrected chi connectivity index (χ3v) is 2.66. The van der Waals surface area contributed by atoms with Crippen LogP contribution in [0, 0.1) is 17.0 Å². The predicted octanol–water partition coefficient (Wildman–Crippen LogP) is 1.80. The van der Waals surface area contributed by atoms with E-state index in [0.717, 1.165) is 12.8 Å². The van der Waals surface area contributed by atoms with Crippen molar-refractivity contribution in [2.45, 2.75) is 26.2 Å². The molecule has 0 unspecified atom stereocenters. The third kappa shape index (κ3) is 5.05. The second-order valence-electron chi connectivity index (χ2n) is 4.35. The molecule has 0 aliphatic carbocycles. The van der Waals surface area contributed by atoms with Crippen LogP contribution in [0.2, 0.25) is 0 Å². The van der Waals surface area contributed by atoms with Gasteiger partial charge in [-0.05, 0) is 37.8 Å². The topological polar surface area (TPSA) is 92.5 Å². The van der Waals surface area contributed by atoms with E-state index in [9.17, 15) is 14.9 Å². The molecule has 2 N–H and O–H groups in total. The Hall–Kier alpha value is -1.95. The van der Waals surface area contributed by atoms with Crippen molar-refractivity contribution in [3.8, 4) is 0 Å². The summed E-state index contributed by atoms with van der Waals surface area (Å²) in [5.41, 5.74) is 0.902. The van der Waals surface area contributed by atoms with E-state index in [1.54, 1.807) is 13.0 Å².